The first kappa shape index (κ1) is 24.5. The zero-order chi connectivity index (χ0) is 19.5. The minimum Gasteiger partial charge on any atom is -0.393 e. The third kappa shape index (κ3) is 16.0. The molecule has 0 aromatic carbocycles. The van der Waals surface area contributed by atoms with Crippen LogP contribution in [-0.4, -0.2) is 34.9 Å². The SMILES string of the molecule is CCCCC/C=C\C/C=C\CCCCCCCC(=O)OC(=O)[C@@H](O)CO. The van der Waals surface area contributed by atoms with Crippen molar-refractivity contribution in [1.29, 1.82) is 0 Å². The van der Waals surface area contributed by atoms with E-state index in [-0.39, 0.29) is 6.42 Å². The molecule has 2 N–H and O–H groups in total. The van der Waals surface area contributed by atoms with Crippen LogP contribution in [0.2, 0.25) is 0 Å². The van der Waals surface area contributed by atoms with E-state index in [0.29, 0.717) is 6.42 Å². The van der Waals surface area contributed by atoms with E-state index in [0.717, 1.165) is 38.5 Å². The number of carbonyl (C=O) groups excluding carboxylic acids is 2. The molecule has 0 unspecified atom stereocenters. The van der Waals surface area contributed by atoms with Gasteiger partial charge in [0.05, 0.1) is 6.61 Å². The normalized spacial score (nSPS) is 12.7. The molecule has 150 valence electrons. The first-order valence-corrected chi connectivity index (χ1v) is 9.95. The average Bonchev–Trinajstić information content (AvgIpc) is 2.64. The van der Waals surface area contributed by atoms with E-state index < -0.39 is 24.6 Å². The summed E-state index contributed by atoms with van der Waals surface area (Å²) in [7, 11) is 0. The van der Waals surface area contributed by atoms with Gasteiger partial charge < -0.3 is 14.9 Å². The molecule has 0 amide bonds. The second-order valence-electron chi connectivity index (χ2n) is 6.47. The molecule has 1 atom stereocenters. The Balaban J connectivity index is 3.41. The minimum atomic E-state index is -1.64. The van der Waals surface area contributed by atoms with Gasteiger partial charge in [-0.1, -0.05) is 63.3 Å². The van der Waals surface area contributed by atoms with Crippen LogP contribution < -0.4 is 0 Å². The number of hydrogen-bond acceptors (Lipinski definition) is 5. The fourth-order valence-electron chi connectivity index (χ4n) is 2.39. The van der Waals surface area contributed by atoms with Crippen molar-refractivity contribution >= 4 is 11.9 Å². The summed E-state index contributed by atoms with van der Waals surface area (Å²) in [5, 5.41) is 17.6. The molecular weight excluding hydrogens is 332 g/mol. The molecule has 0 aliphatic carbocycles. The Bertz CT molecular complexity index is 415. The highest BCUT2D eigenvalue weighted by molar-refractivity contribution is 5.87. The highest BCUT2D eigenvalue weighted by Crippen LogP contribution is 2.09. The molecule has 0 rings (SSSR count). The summed E-state index contributed by atoms with van der Waals surface area (Å²) in [6.45, 7) is 1.48. The second-order valence-corrected chi connectivity index (χ2v) is 6.47. The number of carbonyl (C=O) groups is 2. The predicted octanol–water partition coefficient (Wildman–Crippen LogP) is 4.22. The van der Waals surface area contributed by atoms with Gasteiger partial charge in [0.25, 0.3) is 0 Å². The van der Waals surface area contributed by atoms with Crippen LogP contribution >= 0.6 is 0 Å². The van der Waals surface area contributed by atoms with Crippen molar-refractivity contribution in [2.24, 2.45) is 0 Å². The summed E-state index contributed by atoms with van der Waals surface area (Å²) >= 11 is 0. The molecular formula is C21H36O5. The number of ether oxygens (including phenoxy) is 1. The maximum Gasteiger partial charge on any atom is 0.345 e. The Kier molecular flexibility index (Phi) is 17.3. The van der Waals surface area contributed by atoms with Crippen molar-refractivity contribution in [3.8, 4) is 0 Å². The Morgan fingerprint density at radius 1 is 0.885 bits per heavy atom. The summed E-state index contributed by atoms with van der Waals surface area (Å²) in [5.41, 5.74) is 0. The Labute approximate surface area is 158 Å². The number of aliphatic hydroxyl groups is 2. The molecule has 0 radical (unpaired) electrons. The van der Waals surface area contributed by atoms with Gasteiger partial charge in [0, 0.05) is 6.42 Å². The lowest BCUT2D eigenvalue weighted by Gasteiger charge is -2.06. The quantitative estimate of drug-likeness (QED) is 0.184. The number of unbranched alkanes of at least 4 members (excludes halogenated alkanes) is 8. The van der Waals surface area contributed by atoms with Crippen LogP contribution in [0.25, 0.3) is 0 Å². The van der Waals surface area contributed by atoms with Crippen molar-refractivity contribution in [1.82, 2.24) is 0 Å². The zero-order valence-corrected chi connectivity index (χ0v) is 16.2. The molecule has 0 saturated carbocycles. The third-order valence-electron chi connectivity index (χ3n) is 3.99. The van der Waals surface area contributed by atoms with Crippen molar-refractivity contribution in [3.63, 3.8) is 0 Å². The number of esters is 2. The molecule has 5 heteroatoms. The van der Waals surface area contributed by atoms with Gasteiger partial charge in [-0.25, -0.2) is 4.79 Å². The van der Waals surface area contributed by atoms with E-state index in [4.69, 9.17) is 10.2 Å². The zero-order valence-electron chi connectivity index (χ0n) is 16.2. The minimum absolute atomic E-state index is 0.161. The van der Waals surface area contributed by atoms with Crippen molar-refractivity contribution in [2.75, 3.05) is 6.61 Å². The third-order valence-corrected chi connectivity index (χ3v) is 3.99. The van der Waals surface area contributed by atoms with Gasteiger partial charge in [0.15, 0.2) is 6.10 Å². The van der Waals surface area contributed by atoms with Crippen LogP contribution in [-0.2, 0) is 14.3 Å². The van der Waals surface area contributed by atoms with Crippen LogP contribution in [0.15, 0.2) is 24.3 Å². The van der Waals surface area contributed by atoms with Crippen molar-refractivity contribution in [3.05, 3.63) is 24.3 Å². The number of rotatable bonds is 16. The molecule has 0 aromatic heterocycles. The summed E-state index contributed by atoms with van der Waals surface area (Å²) < 4.78 is 4.42. The number of allylic oxidation sites excluding steroid dienone is 4. The lowest BCUT2D eigenvalue weighted by atomic mass is 10.1. The second kappa shape index (κ2) is 18.3. The fourth-order valence-corrected chi connectivity index (χ4v) is 2.39. The molecule has 5 nitrogen and oxygen atoms in total. The lowest BCUT2D eigenvalue weighted by molar-refractivity contribution is -0.167. The first-order valence-electron chi connectivity index (χ1n) is 9.95. The molecule has 0 saturated heterocycles. The van der Waals surface area contributed by atoms with Crippen LogP contribution in [0.1, 0.15) is 84.0 Å². The highest BCUT2D eigenvalue weighted by Gasteiger charge is 2.18. The van der Waals surface area contributed by atoms with Crippen molar-refractivity contribution in [2.45, 2.75) is 90.1 Å². The molecule has 0 aliphatic rings. The standard InChI is InChI=1S/C21H36O5/c1-2-3-4-5-6-7-8-9-10-11-12-13-14-15-16-17-20(24)26-21(25)19(23)18-22/h6-7,9-10,19,22-23H,2-5,8,11-18H2,1H3/b7-6-,10-9-/t19-/m0/s1. The Hall–Kier alpha value is -1.46. The molecule has 0 bridgehead atoms. The van der Waals surface area contributed by atoms with Crippen LogP contribution in [0, 0.1) is 0 Å². The topological polar surface area (TPSA) is 83.8 Å². The van der Waals surface area contributed by atoms with Gasteiger partial charge in [-0.05, 0) is 38.5 Å². The maximum atomic E-state index is 11.4. The Morgan fingerprint density at radius 3 is 2.08 bits per heavy atom. The summed E-state index contributed by atoms with van der Waals surface area (Å²) in [5.74, 6) is -1.73. The van der Waals surface area contributed by atoms with E-state index >= 15 is 0 Å². The molecule has 26 heavy (non-hydrogen) atoms. The number of hydrogen-bond donors (Lipinski definition) is 2. The van der Waals surface area contributed by atoms with Gasteiger partial charge in [0.1, 0.15) is 0 Å². The molecule has 0 fully saturated rings. The monoisotopic (exact) mass is 368 g/mol. The van der Waals surface area contributed by atoms with Crippen LogP contribution in [0.4, 0.5) is 0 Å². The van der Waals surface area contributed by atoms with E-state index in [1.165, 1.54) is 25.7 Å². The average molecular weight is 369 g/mol. The molecule has 0 aliphatic heterocycles. The first-order chi connectivity index (χ1) is 12.6. The molecule has 0 spiro atoms. The van der Waals surface area contributed by atoms with Gasteiger partial charge in [-0.15, -0.1) is 0 Å². The van der Waals surface area contributed by atoms with E-state index in [2.05, 4.69) is 36.0 Å². The summed E-state index contributed by atoms with van der Waals surface area (Å²) in [6.07, 6.45) is 19.5. The summed E-state index contributed by atoms with van der Waals surface area (Å²) in [4.78, 5) is 22.4. The molecule has 0 heterocycles. The van der Waals surface area contributed by atoms with Gasteiger partial charge in [0.2, 0.25) is 0 Å². The number of aliphatic hydroxyl groups excluding tert-OH is 2. The smallest absolute Gasteiger partial charge is 0.345 e. The summed E-state index contributed by atoms with van der Waals surface area (Å²) in [6, 6.07) is 0. The Morgan fingerprint density at radius 2 is 1.46 bits per heavy atom. The van der Waals surface area contributed by atoms with Gasteiger partial charge in [-0.3, -0.25) is 4.79 Å². The van der Waals surface area contributed by atoms with E-state index in [1.807, 2.05) is 0 Å². The maximum absolute atomic E-state index is 11.4. The van der Waals surface area contributed by atoms with Crippen LogP contribution in [0.5, 0.6) is 0 Å². The van der Waals surface area contributed by atoms with Crippen molar-refractivity contribution < 1.29 is 24.5 Å². The molecule has 0 aromatic rings. The van der Waals surface area contributed by atoms with E-state index in [1.54, 1.807) is 0 Å². The van der Waals surface area contributed by atoms with Gasteiger partial charge in [-0.2, -0.15) is 0 Å². The predicted molar refractivity (Wildman–Crippen MR) is 104 cm³/mol. The van der Waals surface area contributed by atoms with Crippen LogP contribution in [0.3, 0.4) is 0 Å². The lowest BCUT2D eigenvalue weighted by Crippen LogP contribution is -2.28. The fraction of sp³-hybridized carbons (Fsp3) is 0.714. The largest absolute Gasteiger partial charge is 0.393 e. The van der Waals surface area contributed by atoms with E-state index in [9.17, 15) is 9.59 Å². The van der Waals surface area contributed by atoms with Gasteiger partial charge >= 0.3 is 11.9 Å². The highest BCUT2D eigenvalue weighted by atomic mass is 16.6.